The molecule has 0 saturated heterocycles. The zero-order chi connectivity index (χ0) is 16.5. The van der Waals surface area contributed by atoms with Crippen molar-refractivity contribution in [2.24, 2.45) is 0 Å². The number of Topliss-reactive ketones (excluding diaryl/α,β-unsaturated/α-hetero) is 2. The van der Waals surface area contributed by atoms with E-state index in [9.17, 15) is 14.7 Å². The van der Waals surface area contributed by atoms with Crippen LogP contribution in [0.2, 0.25) is 0 Å². The number of carbonyl (C=O) groups is 2. The highest BCUT2D eigenvalue weighted by molar-refractivity contribution is 5.99. The molecule has 0 aromatic heterocycles. The first-order chi connectivity index (χ1) is 11.2. The fraction of sp³-hybridized carbons (Fsp3) is 0.300. The third-order valence-electron chi connectivity index (χ3n) is 3.84. The highest BCUT2D eigenvalue weighted by atomic mass is 16.3. The normalized spacial score (nSPS) is 11.9. The van der Waals surface area contributed by atoms with Gasteiger partial charge in [-0.25, -0.2) is 0 Å². The topological polar surface area (TPSA) is 54.4 Å². The van der Waals surface area contributed by atoms with Crippen LogP contribution in [0.1, 0.15) is 52.8 Å². The van der Waals surface area contributed by atoms with Crippen molar-refractivity contribution in [1.82, 2.24) is 0 Å². The molecule has 120 valence electrons. The van der Waals surface area contributed by atoms with Gasteiger partial charge in [-0.3, -0.25) is 9.59 Å². The Balaban J connectivity index is 1.65. The third-order valence-corrected chi connectivity index (χ3v) is 3.84. The number of hydrogen-bond donors (Lipinski definition) is 1. The molecule has 3 nitrogen and oxygen atoms in total. The number of rotatable bonds is 9. The van der Waals surface area contributed by atoms with E-state index in [1.807, 2.05) is 36.4 Å². The van der Waals surface area contributed by atoms with Crippen molar-refractivity contribution in [2.75, 3.05) is 0 Å². The SMILES string of the molecule is O=C(CCCCCC(O)C(=O)c1ccccc1)c1ccccc1. The van der Waals surface area contributed by atoms with Gasteiger partial charge in [0.2, 0.25) is 0 Å². The molecular formula is C20H22O3. The number of hydrogen-bond acceptors (Lipinski definition) is 3. The van der Waals surface area contributed by atoms with Crippen molar-refractivity contribution in [3.8, 4) is 0 Å². The van der Waals surface area contributed by atoms with E-state index in [-0.39, 0.29) is 11.6 Å². The van der Waals surface area contributed by atoms with Crippen LogP contribution in [0.15, 0.2) is 60.7 Å². The van der Waals surface area contributed by atoms with Gasteiger partial charge in [-0.1, -0.05) is 73.5 Å². The van der Waals surface area contributed by atoms with Crippen molar-refractivity contribution in [3.63, 3.8) is 0 Å². The molecule has 0 aliphatic heterocycles. The maximum Gasteiger partial charge on any atom is 0.191 e. The zero-order valence-corrected chi connectivity index (χ0v) is 13.2. The van der Waals surface area contributed by atoms with Crippen LogP contribution in [-0.4, -0.2) is 22.8 Å². The van der Waals surface area contributed by atoms with Gasteiger partial charge in [-0.15, -0.1) is 0 Å². The molecule has 3 heteroatoms. The molecule has 23 heavy (non-hydrogen) atoms. The van der Waals surface area contributed by atoms with Crippen LogP contribution >= 0.6 is 0 Å². The van der Waals surface area contributed by atoms with Crippen molar-refractivity contribution < 1.29 is 14.7 Å². The Bertz CT molecular complexity index is 620. The average Bonchev–Trinajstić information content (AvgIpc) is 2.62. The molecule has 0 aliphatic rings. The van der Waals surface area contributed by atoms with Gasteiger partial charge in [0.15, 0.2) is 11.6 Å². The molecule has 1 atom stereocenters. The second kappa shape index (κ2) is 9.01. The van der Waals surface area contributed by atoms with Gasteiger partial charge in [0.25, 0.3) is 0 Å². The van der Waals surface area contributed by atoms with Gasteiger partial charge in [-0.05, 0) is 12.8 Å². The molecule has 1 N–H and O–H groups in total. The molecule has 2 aromatic rings. The number of ketones is 2. The van der Waals surface area contributed by atoms with E-state index in [1.54, 1.807) is 24.3 Å². The molecule has 2 aromatic carbocycles. The van der Waals surface area contributed by atoms with Crippen LogP contribution in [0.4, 0.5) is 0 Å². The quantitative estimate of drug-likeness (QED) is 0.561. The summed E-state index contributed by atoms with van der Waals surface area (Å²) < 4.78 is 0. The average molecular weight is 310 g/mol. The minimum absolute atomic E-state index is 0.145. The summed E-state index contributed by atoms with van der Waals surface area (Å²) in [5.41, 5.74) is 1.28. The number of carbonyl (C=O) groups excluding carboxylic acids is 2. The molecule has 0 spiro atoms. The molecule has 1 unspecified atom stereocenters. The molecule has 0 saturated carbocycles. The van der Waals surface area contributed by atoms with Crippen LogP contribution in [0, 0.1) is 0 Å². The van der Waals surface area contributed by atoms with E-state index in [0.717, 1.165) is 24.8 Å². The summed E-state index contributed by atoms with van der Waals surface area (Å²) in [5.74, 6) is -0.0857. The molecule has 2 rings (SSSR count). The Labute approximate surface area is 137 Å². The standard InChI is InChI=1S/C20H22O3/c21-18(16-10-4-1-5-11-16)14-8-3-9-15-19(22)20(23)17-12-6-2-7-13-17/h1-2,4-7,10-13,19,22H,3,8-9,14-15H2. The number of aliphatic hydroxyl groups excluding tert-OH is 1. The smallest absolute Gasteiger partial charge is 0.191 e. The minimum Gasteiger partial charge on any atom is -0.385 e. The van der Waals surface area contributed by atoms with Gasteiger partial charge >= 0.3 is 0 Å². The maximum atomic E-state index is 12.0. The highest BCUT2D eigenvalue weighted by Crippen LogP contribution is 2.12. The molecule has 0 heterocycles. The first-order valence-electron chi connectivity index (χ1n) is 8.04. The fourth-order valence-corrected chi connectivity index (χ4v) is 2.49. The lowest BCUT2D eigenvalue weighted by Crippen LogP contribution is -2.20. The van der Waals surface area contributed by atoms with Crippen molar-refractivity contribution >= 4 is 11.6 Å². The largest absolute Gasteiger partial charge is 0.385 e. The van der Waals surface area contributed by atoms with Crippen LogP contribution in [-0.2, 0) is 0 Å². The van der Waals surface area contributed by atoms with Crippen LogP contribution in [0.5, 0.6) is 0 Å². The van der Waals surface area contributed by atoms with E-state index in [4.69, 9.17) is 0 Å². The second-order valence-electron chi connectivity index (χ2n) is 5.63. The molecule has 0 amide bonds. The summed E-state index contributed by atoms with van der Waals surface area (Å²) >= 11 is 0. The lowest BCUT2D eigenvalue weighted by Gasteiger charge is -2.09. The Morgan fingerprint density at radius 2 is 1.35 bits per heavy atom. The Morgan fingerprint density at radius 1 is 0.783 bits per heavy atom. The second-order valence-corrected chi connectivity index (χ2v) is 5.63. The summed E-state index contributed by atoms with van der Waals surface area (Å²) in [5, 5.41) is 9.94. The summed E-state index contributed by atoms with van der Waals surface area (Å²) in [6.45, 7) is 0. The van der Waals surface area contributed by atoms with Gasteiger partial charge in [0.1, 0.15) is 6.10 Å². The summed E-state index contributed by atoms with van der Waals surface area (Å²) in [6.07, 6.45) is 2.33. The number of aliphatic hydroxyl groups is 1. The minimum atomic E-state index is -0.956. The van der Waals surface area contributed by atoms with Crippen LogP contribution in [0.3, 0.4) is 0 Å². The van der Waals surface area contributed by atoms with Crippen molar-refractivity contribution in [3.05, 3.63) is 71.8 Å². The maximum absolute atomic E-state index is 12.0. The van der Waals surface area contributed by atoms with E-state index >= 15 is 0 Å². The van der Waals surface area contributed by atoms with Crippen LogP contribution in [0.25, 0.3) is 0 Å². The highest BCUT2D eigenvalue weighted by Gasteiger charge is 2.16. The monoisotopic (exact) mass is 310 g/mol. The molecule has 0 radical (unpaired) electrons. The first-order valence-corrected chi connectivity index (χ1v) is 8.04. The lowest BCUT2D eigenvalue weighted by atomic mass is 10.00. The summed E-state index contributed by atoms with van der Waals surface area (Å²) in [6, 6.07) is 18.1. The predicted molar refractivity (Wildman–Crippen MR) is 90.6 cm³/mol. The summed E-state index contributed by atoms with van der Waals surface area (Å²) in [4.78, 5) is 23.9. The van der Waals surface area contributed by atoms with Gasteiger partial charge in [0, 0.05) is 17.5 Å². The molecule has 0 aliphatic carbocycles. The van der Waals surface area contributed by atoms with E-state index in [2.05, 4.69) is 0 Å². The van der Waals surface area contributed by atoms with Crippen LogP contribution < -0.4 is 0 Å². The number of benzene rings is 2. The lowest BCUT2D eigenvalue weighted by molar-refractivity contribution is 0.0724. The first kappa shape index (κ1) is 17.1. The van der Waals surface area contributed by atoms with Gasteiger partial charge < -0.3 is 5.11 Å². The van der Waals surface area contributed by atoms with Crippen molar-refractivity contribution in [2.45, 2.75) is 38.2 Å². The Hall–Kier alpha value is -2.26. The fourth-order valence-electron chi connectivity index (χ4n) is 2.49. The molecule has 0 fully saturated rings. The Kier molecular flexibility index (Phi) is 6.70. The third kappa shape index (κ3) is 5.46. The van der Waals surface area contributed by atoms with E-state index < -0.39 is 6.10 Å². The predicted octanol–water partition coefficient (Wildman–Crippen LogP) is 4.06. The summed E-state index contributed by atoms with van der Waals surface area (Å²) in [7, 11) is 0. The van der Waals surface area contributed by atoms with Gasteiger partial charge in [-0.2, -0.15) is 0 Å². The van der Waals surface area contributed by atoms with Crippen molar-refractivity contribution in [1.29, 1.82) is 0 Å². The number of unbranched alkanes of at least 4 members (excludes halogenated alkanes) is 2. The zero-order valence-electron chi connectivity index (χ0n) is 13.2. The molecular weight excluding hydrogens is 288 g/mol. The van der Waals surface area contributed by atoms with Gasteiger partial charge in [0.05, 0.1) is 0 Å². The van der Waals surface area contributed by atoms with E-state index in [0.29, 0.717) is 18.4 Å². The van der Waals surface area contributed by atoms with E-state index in [1.165, 1.54) is 0 Å². The Morgan fingerprint density at radius 3 is 1.96 bits per heavy atom. The molecule has 0 bridgehead atoms.